The third-order valence-corrected chi connectivity index (χ3v) is 6.25. The molecule has 3 nitrogen and oxygen atoms in total. The normalized spacial score (nSPS) is 16.4. The number of carbonyl (C=O) groups excluding carboxylic acids is 1. The molecule has 1 unspecified atom stereocenters. The molecule has 160 valence electrons. The number of hydrogen-bond acceptors (Lipinski definition) is 3. The van der Waals surface area contributed by atoms with Crippen molar-refractivity contribution in [3.05, 3.63) is 101 Å². The first kappa shape index (κ1) is 21.3. The summed E-state index contributed by atoms with van der Waals surface area (Å²) >= 11 is 1.58. The molecule has 0 spiro atoms. The van der Waals surface area contributed by atoms with Crippen molar-refractivity contribution in [3.63, 3.8) is 0 Å². The Balaban J connectivity index is 1.57. The van der Waals surface area contributed by atoms with Gasteiger partial charge in [0.25, 0.3) is 5.91 Å². The summed E-state index contributed by atoms with van der Waals surface area (Å²) in [7, 11) is 0. The van der Waals surface area contributed by atoms with Gasteiger partial charge in [0.05, 0.1) is 5.56 Å². The van der Waals surface area contributed by atoms with Crippen LogP contribution in [0.25, 0.3) is 0 Å². The van der Waals surface area contributed by atoms with Gasteiger partial charge in [0.2, 0.25) is 0 Å². The van der Waals surface area contributed by atoms with E-state index >= 15 is 0 Å². The quantitative estimate of drug-likeness (QED) is 0.472. The second-order valence-corrected chi connectivity index (χ2v) is 8.30. The number of rotatable bonds is 5. The molecule has 1 heterocycles. The van der Waals surface area contributed by atoms with Crippen LogP contribution < -0.4 is 4.74 Å². The van der Waals surface area contributed by atoms with E-state index in [9.17, 15) is 18.0 Å². The summed E-state index contributed by atoms with van der Waals surface area (Å²) in [6.45, 7) is 0.842. The van der Waals surface area contributed by atoms with Crippen LogP contribution in [0.4, 0.5) is 13.2 Å². The van der Waals surface area contributed by atoms with Crippen LogP contribution in [0.15, 0.2) is 78.9 Å². The summed E-state index contributed by atoms with van der Waals surface area (Å²) in [6.07, 6.45) is -4.49. The number of thioether (sulfide) groups is 1. The fraction of sp³-hybridized carbons (Fsp3) is 0.208. The molecule has 4 rings (SSSR count). The number of halogens is 3. The highest BCUT2D eigenvalue weighted by Gasteiger charge is 2.35. The van der Waals surface area contributed by atoms with Gasteiger partial charge in [-0.25, -0.2) is 0 Å². The van der Waals surface area contributed by atoms with Crippen LogP contribution >= 0.6 is 11.8 Å². The van der Waals surface area contributed by atoms with Crippen molar-refractivity contribution in [2.24, 2.45) is 0 Å². The first-order chi connectivity index (χ1) is 14.9. The van der Waals surface area contributed by atoms with Crippen molar-refractivity contribution in [3.8, 4) is 5.75 Å². The summed E-state index contributed by atoms with van der Waals surface area (Å²) in [5, 5.41) is -0.325. The Morgan fingerprint density at radius 3 is 2.52 bits per heavy atom. The first-order valence-electron chi connectivity index (χ1n) is 9.79. The van der Waals surface area contributed by atoms with Crippen LogP contribution in [0.2, 0.25) is 0 Å². The summed E-state index contributed by atoms with van der Waals surface area (Å²) in [5.41, 5.74) is 1.06. The Bertz CT molecular complexity index is 1060. The average Bonchev–Trinajstić information content (AvgIpc) is 3.27. The Hall–Kier alpha value is -2.93. The maximum Gasteiger partial charge on any atom is 0.416 e. The van der Waals surface area contributed by atoms with Gasteiger partial charge in [-0.2, -0.15) is 13.2 Å². The molecule has 7 heteroatoms. The van der Waals surface area contributed by atoms with Crippen molar-refractivity contribution in [2.75, 3.05) is 12.3 Å². The molecular weight excluding hydrogens is 423 g/mol. The lowest BCUT2D eigenvalue weighted by atomic mass is 10.1. The minimum atomic E-state index is -4.49. The van der Waals surface area contributed by atoms with Crippen LogP contribution in [0.3, 0.4) is 0 Å². The third kappa shape index (κ3) is 4.88. The van der Waals surface area contributed by atoms with E-state index < -0.39 is 17.6 Å². The monoisotopic (exact) mass is 443 g/mol. The highest BCUT2D eigenvalue weighted by Crippen LogP contribution is 2.43. The molecular formula is C24H20F3NO2S. The maximum atomic E-state index is 13.1. The van der Waals surface area contributed by atoms with Crippen LogP contribution in [-0.2, 0) is 12.8 Å². The van der Waals surface area contributed by atoms with Crippen LogP contribution in [0.1, 0.15) is 32.4 Å². The van der Waals surface area contributed by atoms with Gasteiger partial charge in [0, 0.05) is 23.4 Å². The fourth-order valence-corrected chi connectivity index (χ4v) is 4.76. The lowest BCUT2D eigenvalue weighted by Gasteiger charge is -2.26. The molecule has 1 saturated heterocycles. The molecule has 1 atom stereocenters. The lowest BCUT2D eigenvalue weighted by Crippen LogP contribution is -2.30. The highest BCUT2D eigenvalue weighted by molar-refractivity contribution is 7.99. The van der Waals surface area contributed by atoms with E-state index in [0.29, 0.717) is 24.7 Å². The van der Waals surface area contributed by atoms with Gasteiger partial charge in [0.15, 0.2) is 0 Å². The molecule has 0 radical (unpaired) electrons. The molecule has 0 aromatic heterocycles. The topological polar surface area (TPSA) is 29.5 Å². The summed E-state index contributed by atoms with van der Waals surface area (Å²) < 4.78 is 45.3. The second-order valence-electron chi connectivity index (χ2n) is 7.11. The van der Waals surface area contributed by atoms with E-state index in [4.69, 9.17) is 4.74 Å². The van der Waals surface area contributed by atoms with Crippen molar-refractivity contribution < 1.29 is 22.7 Å². The Labute approximate surface area is 182 Å². The largest absolute Gasteiger partial charge is 0.489 e. The molecule has 31 heavy (non-hydrogen) atoms. The van der Waals surface area contributed by atoms with Crippen LogP contribution in [0.5, 0.6) is 5.75 Å². The molecule has 0 bridgehead atoms. The number of alkyl halides is 3. The zero-order valence-corrected chi connectivity index (χ0v) is 17.3. The van der Waals surface area contributed by atoms with Crippen LogP contribution in [0, 0.1) is 0 Å². The Kier molecular flexibility index (Phi) is 6.23. The minimum Gasteiger partial charge on any atom is -0.489 e. The van der Waals surface area contributed by atoms with Crippen molar-refractivity contribution in [1.82, 2.24) is 4.90 Å². The zero-order valence-electron chi connectivity index (χ0n) is 16.5. The number of para-hydroxylation sites is 1. The van der Waals surface area contributed by atoms with Gasteiger partial charge in [-0.1, -0.05) is 54.6 Å². The summed E-state index contributed by atoms with van der Waals surface area (Å²) in [5.74, 6) is 0.939. The molecule has 1 amide bonds. The van der Waals surface area contributed by atoms with E-state index in [2.05, 4.69) is 0 Å². The van der Waals surface area contributed by atoms with Crippen molar-refractivity contribution in [1.29, 1.82) is 0 Å². The number of carbonyl (C=O) groups is 1. The van der Waals surface area contributed by atoms with Crippen molar-refractivity contribution >= 4 is 17.7 Å². The van der Waals surface area contributed by atoms with E-state index in [1.165, 1.54) is 12.1 Å². The van der Waals surface area contributed by atoms with Crippen LogP contribution in [-0.4, -0.2) is 23.1 Å². The molecule has 1 aliphatic heterocycles. The van der Waals surface area contributed by atoms with E-state index in [1.54, 1.807) is 16.7 Å². The second kappa shape index (κ2) is 9.06. The van der Waals surface area contributed by atoms with Gasteiger partial charge in [0.1, 0.15) is 17.7 Å². The van der Waals surface area contributed by atoms with Crippen molar-refractivity contribution in [2.45, 2.75) is 18.2 Å². The number of benzene rings is 3. The molecule has 0 N–H and O–H groups in total. The number of hydrogen-bond donors (Lipinski definition) is 0. The van der Waals surface area contributed by atoms with Gasteiger partial charge in [-0.05, 0) is 29.8 Å². The highest BCUT2D eigenvalue weighted by atomic mass is 32.2. The van der Waals surface area contributed by atoms with Gasteiger partial charge < -0.3 is 9.64 Å². The lowest BCUT2D eigenvalue weighted by molar-refractivity contribution is -0.137. The Morgan fingerprint density at radius 2 is 1.74 bits per heavy atom. The number of nitrogens with zero attached hydrogens (tertiary/aromatic N) is 1. The average molecular weight is 443 g/mol. The van der Waals surface area contributed by atoms with E-state index in [-0.39, 0.29) is 10.9 Å². The SMILES string of the molecule is O=C(c1cccc(C(F)(F)F)c1)N1CCSC1c1ccccc1OCc1ccccc1. The Morgan fingerprint density at radius 1 is 1.00 bits per heavy atom. The minimum absolute atomic E-state index is 0.0324. The third-order valence-electron chi connectivity index (χ3n) is 5.01. The predicted octanol–water partition coefficient (Wildman–Crippen LogP) is 6.17. The van der Waals surface area contributed by atoms with Gasteiger partial charge in [-0.3, -0.25) is 4.79 Å². The standard InChI is InChI=1S/C24H20F3NO2S/c25-24(26,27)19-10-6-9-18(15-19)22(29)28-13-14-31-23(28)20-11-4-5-12-21(20)30-16-17-7-2-1-3-8-17/h1-12,15,23H,13-14,16H2. The summed E-state index contributed by atoms with van der Waals surface area (Å²) in [4.78, 5) is 14.7. The number of ether oxygens (including phenoxy) is 1. The molecule has 0 saturated carbocycles. The zero-order chi connectivity index (χ0) is 21.8. The number of amides is 1. The molecule has 1 aliphatic rings. The van der Waals surface area contributed by atoms with E-state index in [1.807, 2.05) is 54.6 Å². The molecule has 3 aromatic rings. The summed E-state index contributed by atoms with van der Waals surface area (Å²) in [6, 6.07) is 21.8. The predicted molar refractivity (Wildman–Crippen MR) is 115 cm³/mol. The molecule has 1 fully saturated rings. The van der Waals surface area contributed by atoms with Gasteiger partial charge >= 0.3 is 6.18 Å². The maximum absolute atomic E-state index is 13.1. The van der Waals surface area contributed by atoms with E-state index in [0.717, 1.165) is 23.3 Å². The smallest absolute Gasteiger partial charge is 0.416 e. The fourth-order valence-electron chi connectivity index (χ4n) is 3.48. The first-order valence-corrected chi connectivity index (χ1v) is 10.8. The molecule has 3 aromatic carbocycles. The molecule has 0 aliphatic carbocycles. The van der Waals surface area contributed by atoms with Gasteiger partial charge in [-0.15, -0.1) is 11.8 Å².